The van der Waals surface area contributed by atoms with Gasteiger partial charge in [-0.05, 0) is 54.7 Å². The molecular formula is C26H23ClN8O. The fourth-order valence-electron chi connectivity index (χ4n) is 4.82. The molecule has 1 aliphatic carbocycles. The van der Waals surface area contributed by atoms with Gasteiger partial charge >= 0.3 is 0 Å². The van der Waals surface area contributed by atoms with Gasteiger partial charge < -0.3 is 4.57 Å². The number of nitrogens with one attached hydrogen (secondary N) is 1. The molecule has 10 heteroatoms. The smallest absolute Gasteiger partial charge is 0.266 e. The van der Waals surface area contributed by atoms with Gasteiger partial charge in [0.25, 0.3) is 5.56 Å². The molecule has 0 aliphatic heterocycles. The number of nitriles is 1. The van der Waals surface area contributed by atoms with Crippen molar-refractivity contribution in [3.05, 3.63) is 74.8 Å². The zero-order chi connectivity index (χ0) is 25.1. The van der Waals surface area contributed by atoms with Crippen LogP contribution in [0.5, 0.6) is 0 Å². The van der Waals surface area contributed by atoms with E-state index in [9.17, 15) is 10.1 Å². The normalized spacial score (nSPS) is 13.5. The molecule has 0 bridgehead atoms. The van der Waals surface area contributed by atoms with Crippen molar-refractivity contribution in [1.82, 2.24) is 28.5 Å². The minimum Gasteiger partial charge on any atom is -0.348 e. The quantitative estimate of drug-likeness (QED) is 0.399. The predicted molar refractivity (Wildman–Crippen MR) is 137 cm³/mol. The Morgan fingerprint density at radius 3 is 2.75 bits per heavy atom. The van der Waals surface area contributed by atoms with Gasteiger partial charge in [0, 0.05) is 43.4 Å². The van der Waals surface area contributed by atoms with Gasteiger partial charge in [0.2, 0.25) is 5.62 Å². The second-order valence-corrected chi connectivity index (χ2v) is 9.85. The van der Waals surface area contributed by atoms with Gasteiger partial charge in [0.15, 0.2) is 5.65 Å². The fraction of sp³-hybridized carbons (Fsp3) is 0.269. The molecule has 0 unspecified atom stereocenters. The van der Waals surface area contributed by atoms with Crippen LogP contribution in [0.1, 0.15) is 24.0 Å². The first kappa shape index (κ1) is 22.3. The van der Waals surface area contributed by atoms with E-state index in [2.05, 4.69) is 11.1 Å². The first-order chi connectivity index (χ1) is 17.4. The van der Waals surface area contributed by atoms with E-state index in [-0.39, 0.29) is 11.2 Å². The summed E-state index contributed by atoms with van der Waals surface area (Å²) in [6, 6.07) is 11.4. The van der Waals surface area contributed by atoms with Crippen LogP contribution in [0.3, 0.4) is 0 Å². The van der Waals surface area contributed by atoms with Crippen LogP contribution in [-0.2, 0) is 27.2 Å². The van der Waals surface area contributed by atoms with E-state index < -0.39 is 0 Å². The average molecular weight is 499 g/mol. The Kier molecular flexibility index (Phi) is 5.09. The van der Waals surface area contributed by atoms with Crippen LogP contribution in [0, 0.1) is 22.7 Å². The van der Waals surface area contributed by atoms with Crippen LogP contribution >= 0.6 is 11.6 Å². The molecule has 180 valence electrons. The summed E-state index contributed by atoms with van der Waals surface area (Å²) < 4.78 is 6.85. The third-order valence-electron chi connectivity index (χ3n) is 6.91. The molecule has 1 fully saturated rings. The van der Waals surface area contributed by atoms with Gasteiger partial charge in [-0.3, -0.25) is 29.0 Å². The highest BCUT2D eigenvalue weighted by Crippen LogP contribution is 2.33. The lowest BCUT2D eigenvalue weighted by atomic mass is 10.1. The highest BCUT2D eigenvalue weighted by molar-refractivity contribution is 6.31. The summed E-state index contributed by atoms with van der Waals surface area (Å²) in [5.74, 6) is 0.486. The van der Waals surface area contributed by atoms with Crippen molar-refractivity contribution in [3.8, 4) is 17.5 Å². The Balaban J connectivity index is 1.67. The lowest BCUT2D eigenvalue weighted by Crippen LogP contribution is -2.38. The molecule has 36 heavy (non-hydrogen) atoms. The molecule has 0 atom stereocenters. The van der Waals surface area contributed by atoms with E-state index in [1.807, 2.05) is 40.4 Å². The maximum Gasteiger partial charge on any atom is 0.266 e. The highest BCUT2D eigenvalue weighted by atomic mass is 35.5. The number of nitrogens with zero attached hydrogens (tertiary/aromatic N) is 7. The minimum atomic E-state index is -0.286. The number of rotatable bonds is 5. The second-order valence-electron chi connectivity index (χ2n) is 9.41. The standard InChI is InChI=1S/C26H23ClN8O/c1-32-12-16(11-28)9-21(32)23-22-24(34(13-15-3-4-15)26(29)33(2)25(22)36)31-35(23)14-17-7-8-30-20-6-5-18(27)10-19(17)20/h5-10,12,15,29H,3-4,13-14H2,1-2H3. The van der Waals surface area contributed by atoms with Crippen molar-refractivity contribution in [2.24, 2.45) is 20.0 Å². The van der Waals surface area contributed by atoms with Gasteiger partial charge in [-0.2, -0.15) is 10.4 Å². The van der Waals surface area contributed by atoms with Gasteiger partial charge in [-0.1, -0.05) is 11.6 Å². The van der Waals surface area contributed by atoms with Crippen molar-refractivity contribution in [3.63, 3.8) is 0 Å². The van der Waals surface area contributed by atoms with Crippen LogP contribution in [0.2, 0.25) is 5.02 Å². The van der Waals surface area contributed by atoms with E-state index in [4.69, 9.17) is 22.1 Å². The van der Waals surface area contributed by atoms with E-state index in [0.717, 1.165) is 29.3 Å². The zero-order valence-electron chi connectivity index (χ0n) is 19.9. The maximum absolute atomic E-state index is 13.6. The number of hydrogen-bond acceptors (Lipinski definition) is 5. The van der Waals surface area contributed by atoms with Crippen LogP contribution in [-0.4, -0.2) is 28.5 Å². The molecule has 1 saturated carbocycles. The topological polar surface area (TPSA) is 110 Å². The molecule has 9 nitrogen and oxygen atoms in total. The molecule has 1 aliphatic rings. The van der Waals surface area contributed by atoms with E-state index in [1.54, 1.807) is 30.2 Å². The lowest BCUT2D eigenvalue weighted by molar-refractivity contribution is 0.552. The van der Waals surface area contributed by atoms with Crippen LogP contribution in [0.15, 0.2) is 47.5 Å². The third-order valence-corrected chi connectivity index (χ3v) is 7.14. The first-order valence-electron chi connectivity index (χ1n) is 11.7. The van der Waals surface area contributed by atoms with Crippen LogP contribution < -0.4 is 11.2 Å². The number of pyridine rings is 1. The van der Waals surface area contributed by atoms with Crippen LogP contribution in [0.25, 0.3) is 33.3 Å². The molecular weight excluding hydrogens is 476 g/mol. The molecule has 1 aromatic carbocycles. The van der Waals surface area contributed by atoms with E-state index >= 15 is 0 Å². The summed E-state index contributed by atoms with van der Waals surface area (Å²) in [4.78, 5) is 18.0. The second kappa shape index (κ2) is 8.21. The number of aromatic nitrogens is 6. The number of halogens is 1. The summed E-state index contributed by atoms with van der Waals surface area (Å²) >= 11 is 6.30. The lowest BCUT2D eigenvalue weighted by Gasteiger charge is -2.11. The molecule has 0 spiro atoms. The molecule has 6 rings (SSSR count). The molecule has 0 radical (unpaired) electrons. The number of benzene rings is 1. The Morgan fingerprint density at radius 2 is 2.03 bits per heavy atom. The largest absolute Gasteiger partial charge is 0.348 e. The molecule has 5 aromatic rings. The minimum absolute atomic E-state index is 0.126. The number of hydrogen-bond donors (Lipinski definition) is 1. The average Bonchev–Trinajstić information content (AvgIpc) is 3.51. The Labute approximate surface area is 210 Å². The SMILES string of the molecule is Cn1cc(C#N)cc1-c1c2c(=O)n(C)c(=N)n(CC3CC3)c2nn1Cc1ccnc2ccc(Cl)cc12. The number of fused-ring (bicyclic) bond motifs is 2. The summed E-state index contributed by atoms with van der Waals surface area (Å²) in [5.41, 5.74) is 3.91. The van der Waals surface area contributed by atoms with Gasteiger partial charge in [0.05, 0.1) is 23.3 Å². The molecule has 4 heterocycles. The monoisotopic (exact) mass is 498 g/mol. The van der Waals surface area contributed by atoms with Crippen molar-refractivity contribution in [2.75, 3.05) is 0 Å². The van der Waals surface area contributed by atoms with E-state index in [0.29, 0.717) is 52.0 Å². The Bertz CT molecular complexity index is 1840. The third kappa shape index (κ3) is 3.53. The Hall–Kier alpha value is -4.16. The van der Waals surface area contributed by atoms with Crippen molar-refractivity contribution >= 4 is 33.5 Å². The van der Waals surface area contributed by atoms with Gasteiger partial charge in [-0.15, -0.1) is 0 Å². The Morgan fingerprint density at radius 1 is 1.22 bits per heavy atom. The summed E-state index contributed by atoms with van der Waals surface area (Å²) in [7, 11) is 3.47. The van der Waals surface area contributed by atoms with Crippen LogP contribution in [0.4, 0.5) is 0 Å². The van der Waals surface area contributed by atoms with Crippen molar-refractivity contribution < 1.29 is 0 Å². The summed E-state index contributed by atoms with van der Waals surface area (Å²) in [5, 5.41) is 25.1. The highest BCUT2D eigenvalue weighted by Gasteiger charge is 2.27. The molecule has 0 saturated heterocycles. The van der Waals surface area contributed by atoms with Crippen molar-refractivity contribution in [2.45, 2.75) is 25.9 Å². The van der Waals surface area contributed by atoms with Crippen molar-refractivity contribution in [1.29, 1.82) is 10.7 Å². The molecule has 4 aromatic heterocycles. The fourth-order valence-corrected chi connectivity index (χ4v) is 4.99. The summed E-state index contributed by atoms with van der Waals surface area (Å²) in [6.45, 7) is 1.00. The number of aryl methyl sites for hydroxylation is 1. The first-order valence-corrected chi connectivity index (χ1v) is 12.1. The maximum atomic E-state index is 13.6. The molecule has 0 amide bonds. The predicted octanol–water partition coefficient (Wildman–Crippen LogP) is 3.55. The molecule has 1 N–H and O–H groups in total. The van der Waals surface area contributed by atoms with Gasteiger partial charge in [0.1, 0.15) is 17.1 Å². The van der Waals surface area contributed by atoms with Gasteiger partial charge in [-0.25, -0.2) is 0 Å². The summed E-state index contributed by atoms with van der Waals surface area (Å²) in [6.07, 6.45) is 5.70. The zero-order valence-corrected chi connectivity index (χ0v) is 20.6. The van der Waals surface area contributed by atoms with E-state index in [1.165, 1.54) is 4.57 Å².